The third-order valence-corrected chi connectivity index (χ3v) is 4.94. The quantitative estimate of drug-likeness (QED) is 0.805. The van der Waals surface area contributed by atoms with Crippen molar-refractivity contribution in [3.8, 4) is 5.75 Å². The van der Waals surface area contributed by atoms with Crippen LogP contribution in [0.5, 0.6) is 5.75 Å². The number of halogens is 1. The van der Waals surface area contributed by atoms with Crippen LogP contribution in [-0.4, -0.2) is 36.9 Å². The summed E-state index contributed by atoms with van der Waals surface area (Å²) in [5, 5.41) is 2.67. The molecular weight excluding hydrogens is 400 g/mol. The molecule has 0 bridgehead atoms. The van der Waals surface area contributed by atoms with Gasteiger partial charge in [-0.25, -0.2) is 0 Å². The highest BCUT2D eigenvalue weighted by Crippen LogP contribution is 2.22. The van der Waals surface area contributed by atoms with E-state index in [-0.39, 0.29) is 24.3 Å². The minimum Gasteiger partial charge on any atom is -0.486 e. The zero-order valence-corrected chi connectivity index (χ0v) is 16.1. The van der Waals surface area contributed by atoms with Crippen LogP contribution < -0.4 is 10.1 Å². The Kier molecular flexibility index (Phi) is 5.98. The number of nitrogens with one attached hydrogen (secondary N) is 1. The first-order chi connectivity index (χ1) is 12.6. The first-order valence-electron chi connectivity index (χ1n) is 8.55. The van der Waals surface area contributed by atoms with Crippen molar-refractivity contribution < 1.29 is 18.7 Å². The number of hydrogen-bond donors (Lipinski definition) is 1. The van der Waals surface area contributed by atoms with Gasteiger partial charge in [0.15, 0.2) is 5.76 Å². The number of benzene rings is 1. The number of rotatable bonds is 5. The molecule has 3 rings (SSSR count). The molecule has 2 heterocycles. The summed E-state index contributed by atoms with van der Waals surface area (Å²) in [6.45, 7) is 1.37. The van der Waals surface area contributed by atoms with Gasteiger partial charge in [0.25, 0.3) is 5.91 Å². The monoisotopic (exact) mass is 420 g/mol. The van der Waals surface area contributed by atoms with Crippen LogP contribution in [0.2, 0.25) is 0 Å². The zero-order valence-electron chi connectivity index (χ0n) is 14.5. The number of carbonyl (C=O) groups excluding carboxylic acids is 2. The van der Waals surface area contributed by atoms with Crippen LogP contribution >= 0.6 is 15.9 Å². The van der Waals surface area contributed by atoms with E-state index < -0.39 is 0 Å². The van der Waals surface area contributed by atoms with Crippen molar-refractivity contribution >= 4 is 27.7 Å². The van der Waals surface area contributed by atoms with E-state index >= 15 is 0 Å². The molecule has 1 aliphatic heterocycles. The molecule has 26 heavy (non-hydrogen) atoms. The Morgan fingerprint density at radius 2 is 2.04 bits per heavy atom. The molecule has 1 aromatic heterocycles. The molecule has 1 saturated heterocycles. The van der Waals surface area contributed by atoms with Gasteiger partial charge < -0.3 is 19.4 Å². The van der Waals surface area contributed by atoms with E-state index in [4.69, 9.17) is 9.15 Å². The fourth-order valence-corrected chi connectivity index (χ4v) is 3.36. The number of nitrogens with zero attached hydrogens (tertiary/aromatic N) is 1. The molecule has 0 radical (unpaired) electrons. The number of carbonyl (C=O) groups is 2. The number of amides is 2. The molecule has 0 spiro atoms. The highest BCUT2D eigenvalue weighted by atomic mass is 79.9. The Hall–Kier alpha value is -2.28. The van der Waals surface area contributed by atoms with E-state index in [9.17, 15) is 9.59 Å². The average molecular weight is 421 g/mol. The highest BCUT2D eigenvalue weighted by Gasteiger charge is 2.28. The highest BCUT2D eigenvalue weighted by molar-refractivity contribution is 9.10. The normalized spacial score (nSPS) is 14.9. The van der Waals surface area contributed by atoms with Crippen molar-refractivity contribution in [1.82, 2.24) is 10.2 Å². The third-order valence-electron chi connectivity index (χ3n) is 4.45. The van der Waals surface area contributed by atoms with Crippen LogP contribution in [-0.2, 0) is 11.4 Å². The molecule has 1 N–H and O–H groups in total. The Balaban J connectivity index is 1.54. The average Bonchev–Trinajstić information content (AvgIpc) is 3.14. The maximum absolute atomic E-state index is 12.6. The lowest BCUT2D eigenvalue weighted by molar-refractivity contribution is -0.125. The van der Waals surface area contributed by atoms with Crippen molar-refractivity contribution in [3.05, 3.63) is 52.4 Å². The second-order valence-corrected chi connectivity index (χ2v) is 7.11. The molecule has 0 atom stereocenters. The van der Waals surface area contributed by atoms with Gasteiger partial charge in [0, 0.05) is 30.5 Å². The Bertz CT molecular complexity index is 781. The summed E-state index contributed by atoms with van der Waals surface area (Å²) in [5.74, 6) is 1.50. The number of furan rings is 1. The molecule has 138 valence electrons. The predicted molar refractivity (Wildman–Crippen MR) is 99.9 cm³/mol. The summed E-state index contributed by atoms with van der Waals surface area (Å²) in [7, 11) is 1.64. The van der Waals surface area contributed by atoms with Gasteiger partial charge >= 0.3 is 0 Å². The third kappa shape index (κ3) is 4.46. The van der Waals surface area contributed by atoms with Crippen LogP contribution in [0.4, 0.5) is 0 Å². The predicted octanol–water partition coefficient (Wildman–Crippen LogP) is 3.22. The minimum atomic E-state index is -0.144. The summed E-state index contributed by atoms with van der Waals surface area (Å²) in [6, 6.07) is 11.0. The Morgan fingerprint density at radius 1 is 1.27 bits per heavy atom. The summed E-state index contributed by atoms with van der Waals surface area (Å²) >= 11 is 3.39. The number of likely N-dealkylation sites (tertiary alicyclic amines) is 1. The van der Waals surface area contributed by atoms with Gasteiger partial charge in [0.1, 0.15) is 18.1 Å². The second-order valence-electron chi connectivity index (χ2n) is 6.19. The van der Waals surface area contributed by atoms with Crippen molar-refractivity contribution in [2.45, 2.75) is 19.4 Å². The molecule has 0 aliphatic carbocycles. The summed E-state index contributed by atoms with van der Waals surface area (Å²) < 4.78 is 12.2. The maximum atomic E-state index is 12.6. The molecule has 1 fully saturated rings. The van der Waals surface area contributed by atoms with E-state index in [1.165, 1.54) is 0 Å². The first kappa shape index (κ1) is 18.5. The zero-order chi connectivity index (χ0) is 18.5. The molecule has 2 amide bonds. The second kappa shape index (κ2) is 8.40. The van der Waals surface area contributed by atoms with Gasteiger partial charge in [-0.2, -0.15) is 0 Å². The summed E-state index contributed by atoms with van der Waals surface area (Å²) in [5.41, 5.74) is 0. The number of hydrogen-bond acceptors (Lipinski definition) is 4. The van der Waals surface area contributed by atoms with Gasteiger partial charge in [-0.15, -0.1) is 0 Å². The molecule has 1 aliphatic rings. The van der Waals surface area contributed by atoms with Crippen LogP contribution in [0.1, 0.15) is 29.2 Å². The van der Waals surface area contributed by atoms with Gasteiger partial charge in [-0.3, -0.25) is 9.59 Å². The molecule has 0 unspecified atom stereocenters. The summed E-state index contributed by atoms with van der Waals surface area (Å²) in [4.78, 5) is 26.0. The fraction of sp³-hybridized carbons (Fsp3) is 0.368. The number of ether oxygens (including phenoxy) is 1. The maximum Gasteiger partial charge on any atom is 0.289 e. The molecule has 6 nitrogen and oxygen atoms in total. The van der Waals surface area contributed by atoms with Crippen LogP contribution in [0.15, 0.2) is 45.3 Å². The van der Waals surface area contributed by atoms with Gasteiger partial charge in [-0.1, -0.05) is 22.0 Å². The van der Waals surface area contributed by atoms with E-state index in [1.807, 2.05) is 24.3 Å². The van der Waals surface area contributed by atoms with E-state index in [0.717, 1.165) is 10.2 Å². The lowest BCUT2D eigenvalue weighted by Gasteiger charge is -2.30. The SMILES string of the molecule is CNC(=O)C1CCN(C(=O)c2ccc(COc3cccc(Br)c3)o2)CC1. The molecular formula is C19H21BrN2O4. The van der Waals surface area contributed by atoms with Crippen molar-refractivity contribution in [3.63, 3.8) is 0 Å². The Morgan fingerprint density at radius 3 is 2.73 bits per heavy atom. The first-order valence-corrected chi connectivity index (χ1v) is 9.34. The van der Waals surface area contributed by atoms with Crippen LogP contribution in [0, 0.1) is 5.92 Å². The lowest BCUT2D eigenvalue weighted by atomic mass is 9.96. The summed E-state index contributed by atoms with van der Waals surface area (Å²) in [6.07, 6.45) is 1.34. The minimum absolute atomic E-state index is 0.0187. The standard InChI is InChI=1S/C19H21BrN2O4/c1-21-18(23)13-7-9-22(10-8-13)19(24)17-6-5-16(26-17)12-25-15-4-2-3-14(20)11-15/h2-6,11,13H,7-10,12H2,1H3,(H,21,23). The largest absolute Gasteiger partial charge is 0.486 e. The Labute approximate surface area is 160 Å². The number of piperidine rings is 1. The van der Waals surface area contributed by atoms with E-state index in [2.05, 4.69) is 21.2 Å². The van der Waals surface area contributed by atoms with Gasteiger partial charge in [0.2, 0.25) is 5.91 Å². The van der Waals surface area contributed by atoms with Crippen molar-refractivity contribution in [2.75, 3.05) is 20.1 Å². The van der Waals surface area contributed by atoms with E-state index in [1.54, 1.807) is 24.1 Å². The topological polar surface area (TPSA) is 71.8 Å². The molecule has 1 aromatic carbocycles. The van der Waals surface area contributed by atoms with Crippen molar-refractivity contribution in [1.29, 1.82) is 0 Å². The molecule has 0 saturated carbocycles. The molecule has 2 aromatic rings. The van der Waals surface area contributed by atoms with Gasteiger partial charge in [0.05, 0.1) is 0 Å². The van der Waals surface area contributed by atoms with Crippen LogP contribution in [0.25, 0.3) is 0 Å². The van der Waals surface area contributed by atoms with Crippen LogP contribution in [0.3, 0.4) is 0 Å². The van der Waals surface area contributed by atoms with E-state index in [0.29, 0.717) is 37.5 Å². The lowest BCUT2D eigenvalue weighted by Crippen LogP contribution is -2.42. The smallest absolute Gasteiger partial charge is 0.289 e. The van der Waals surface area contributed by atoms with Gasteiger partial charge in [-0.05, 0) is 43.2 Å². The molecule has 7 heteroatoms. The van der Waals surface area contributed by atoms with Crippen molar-refractivity contribution in [2.24, 2.45) is 5.92 Å². The fourth-order valence-electron chi connectivity index (χ4n) is 2.99.